The van der Waals surface area contributed by atoms with Gasteiger partial charge < -0.3 is 5.32 Å². The van der Waals surface area contributed by atoms with Crippen molar-refractivity contribution in [3.63, 3.8) is 0 Å². The molecule has 3 heteroatoms. The van der Waals surface area contributed by atoms with Crippen molar-refractivity contribution in [1.82, 2.24) is 10.3 Å². The summed E-state index contributed by atoms with van der Waals surface area (Å²) >= 11 is 0. The Kier molecular flexibility index (Phi) is 3.93. The first-order valence-electron chi connectivity index (χ1n) is 7.13. The fraction of sp³-hybridized carbons (Fsp3) is 0.167. The molecular weight excluding hydrogens is 263 g/mol. The van der Waals surface area contributed by atoms with Crippen molar-refractivity contribution in [2.24, 2.45) is 0 Å². The van der Waals surface area contributed by atoms with Crippen LogP contribution in [0.1, 0.15) is 12.5 Å². The third kappa shape index (κ3) is 2.78. The molecule has 0 aliphatic heterocycles. The van der Waals surface area contributed by atoms with E-state index in [0.717, 1.165) is 35.1 Å². The number of benzene rings is 2. The second-order valence-corrected chi connectivity index (χ2v) is 4.97. The Morgan fingerprint density at radius 2 is 1.95 bits per heavy atom. The summed E-state index contributed by atoms with van der Waals surface area (Å²) in [6.45, 7) is 3.69. The highest BCUT2D eigenvalue weighted by molar-refractivity contribution is 5.94. The van der Waals surface area contributed by atoms with Gasteiger partial charge in [0.25, 0.3) is 0 Å². The number of pyridine rings is 1. The molecule has 0 bridgehead atoms. The van der Waals surface area contributed by atoms with E-state index in [-0.39, 0.29) is 5.82 Å². The van der Waals surface area contributed by atoms with Gasteiger partial charge in [0.1, 0.15) is 5.82 Å². The highest BCUT2D eigenvalue weighted by Gasteiger charge is 2.10. The minimum absolute atomic E-state index is 0.202. The summed E-state index contributed by atoms with van der Waals surface area (Å²) in [7, 11) is 0. The molecule has 3 rings (SSSR count). The van der Waals surface area contributed by atoms with Gasteiger partial charge in [0, 0.05) is 23.7 Å². The molecule has 1 heterocycles. The second kappa shape index (κ2) is 6.02. The zero-order valence-electron chi connectivity index (χ0n) is 11.9. The first-order chi connectivity index (χ1) is 10.3. The minimum atomic E-state index is -0.202. The fourth-order valence-corrected chi connectivity index (χ4v) is 2.50. The van der Waals surface area contributed by atoms with Gasteiger partial charge in [-0.3, -0.25) is 4.98 Å². The van der Waals surface area contributed by atoms with Crippen molar-refractivity contribution in [2.75, 3.05) is 6.54 Å². The van der Waals surface area contributed by atoms with Crippen molar-refractivity contribution < 1.29 is 4.39 Å². The monoisotopic (exact) mass is 280 g/mol. The average Bonchev–Trinajstić information content (AvgIpc) is 2.54. The van der Waals surface area contributed by atoms with Crippen molar-refractivity contribution >= 4 is 10.9 Å². The number of rotatable bonds is 4. The molecule has 0 saturated carbocycles. The Balaban J connectivity index is 2.13. The molecule has 0 fully saturated rings. The lowest BCUT2D eigenvalue weighted by atomic mass is 9.98. The highest BCUT2D eigenvalue weighted by atomic mass is 19.1. The molecule has 2 nitrogen and oxygen atoms in total. The zero-order valence-corrected chi connectivity index (χ0v) is 11.9. The lowest BCUT2D eigenvalue weighted by Crippen LogP contribution is -2.11. The molecule has 3 aromatic rings. The summed E-state index contributed by atoms with van der Waals surface area (Å²) in [5.41, 5.74) is 3.47. The van der Waals surface area contributed by atoms with Gasteiger partial charge in [-0.15, -0.1) is 0 Å². The molecule has 2 aromatic carbocycles. The Morgan fingerprint density at radius 1 is 1.05 bits per heavy atom. The van der Waals surface area contributed by atoms with E-state index in [4.69, 9.17) is 0 Å². The second-order valence-electron chi connectivity index (χ2n) is 4.97. The number of nitrogens with zero attached hydrogens (tertiary/aromatic N) is 1. The summed E-state index contributed by atoms with van der Waals surface area (Å²) < 4.78 is 14.3. The van der Waals surface area contributed by atoms with Crippen LogP contribution in [0.2, 0.25) is 0 Å². The van der Waals surface area contributed by atoms with Crippen LogP contribution in [0.4, 0.5) is 4.39 Å². The molecule has 0 aliphatic carbocycles. The molecular formula is C18H17FN2. The van der Waals surface area contributed by atoms with E-state index < -0.39 is 0 Å². The number of aromatic nitrogens is 1. The van der Waals surface area contributed by atoms with Gasteiger partial charge >= 0.3 is 0 Å². The fourth-order valence-electron chi connectivity index (χ4n) is 2.50. The lowest BCUT2D eigenvalue weighted by molar-refractivity contribution is 0.629. The average molecular weight is 280 g/mol. The number of fused-ring (bicyclic) bond motifs is 1. The Hall–Kier alpha value is -2.26. The van der Waals surface area contributed by atoms with E-state index in [2.05, 4.69) is 17.2 Å². The summed E-state index contributed by atoms with van der Waals surface area (Å²) in [5, 5.41) is 4.24. The Bertz CT molecular complexity index is 763. The molecule has 0 spiro atoms. The van der Waals surface area contributed by atoms with E-state index in [1.54, 1.807) is 6.20 Å². The molecule has 21 heavy (non-hydrogen) atoms. The summed E-state index contributed by atoms with van der Waals surface area (Å²) in [5.74, 6) is -0.202. The van der Waals surface area contributed by atoms with Crippen LogP contribution in [-0.2, 0) is 6.54 Å². The smallest absolute Gasteiger partial charge is 0.131 e. The van der Waals surface area contributed by atoms with Crippen LogP contribution < -0.4 is 5.32 Å². The topological polar surface area (TPSA) is 24.9 Å². The van der Waals surface area contributed by atoms with E-state index in [0.29, 0.717) is 5.56 Å². The van der Waals surface area contributed by atoms with Crippen molar-refractivity contribution in [1.29, 1.82) is 0 Å². The minimum Gasteiger partial charge on any atom is -0.313 e. The van der Waals surface area contributed by atoms with Crippen molar-refractivity contribution in [3.05, 3.63) is 66.1 Å². The molecule has 1 N–H and O–H groups in total. The maximum absolute atomic E-state index is 14.3. The van der Waals surface area contributed by atoms with Gasteiger partial charge in [0.15, 0.2) is 0 Å². The molecule has 0 unspecified atom stereocenters. The predicted molar refractivity (Wildman–Crippen MR) is 84.5 cm³/mol. The third-order valence-electron chi connectivity index (χ3n) is 3.55. The highest BCUT2D eigenvalue weighted by Crippen LogP contribution is 2.30. The van der Waals surface area contributed by atoms with E-state index >= 15 is 0 Å². The van der Waals surface area contributed by atoms with Gasteiger partial charge in [-0.05, 0) is 41.9 Å². The predicted octanol–water partition coefficient (Wildman–Crippen LogP) is 4.15. The summed E-state index contributed by atoms with van der Waals surface area (Å²) in [4.78, 5) is 4.33. The molecule has 106 valence electrons. The molecule has 0 saturated heterocycles. The summed E-state index contributed by atoms with van der Waals surface area (Å²) in [6.07, 6.45) is 1.75. The van der Waals surface area contributed by atoms with Crippen LogP contribution in [0.5, 0.6) is 0 Å². The largest absolute Gasteiger partial charge is 0.313 e. The molecule has 1 aromatic heterocycles. The van der Waals surface area contributed by atoms with Crippen LogP contribution in [0.3, 0.4) is 0 Å². The Labute approximate surface area is 123 Å². The number of halogens is 1. The first kappa shape index (κ1) is 13.7. The van der Waals surface area contributed by atoms with Gasteiger partial charge in [0.2, 0.25) is 0 Å². The number of hydrogen-bond donors (Lipinski definition) is 1. The van der Waals surface area contributed by atoms with Crippen LogP contribution in [-0.4, -0.2) is 11.5 Å². The number of hydrogen-bond acceptors (Lipinski definition) is 2. The van der Waals surface area contributed by atoms with Gasteiger partial charge in [-0.2, -0.15) is 0 Å². The normalized spacial score (nSPS) is 11.0. The van der Waals surface area contributed by atoms with Crippen LogP contribution in [0.15, 0.2) is 54.7 Å². The maximum Gasteiger partial charge on any atom is 0.131 e. The molecule has 0 atom stereocenters. The van der Waals surface area contributed by atoms with E-state index in [1.807, 2.05) is 42.5 Å². The SMILES string of the molecule is CCNCc1ccc(F)c(-c2cccc3ncccc23)c1. The molecule has 0 radical (unpaired) electrons. The van der Waals surface area contributed by atoms with Crippen molar-refractivity contribution in [3.8, 4) is 11.1 Å². The van der Waals surface area contributed by atoms with Gasteiger partial charge in [0.05, 0.1) is 5.52 Å². The van der Waals surface area contributed by atoms with Gasteiger partial charge in [-0.1, -0.05) is 31.2 Å². The molecule has 0 amide bonds. The maximum atomic E-state index is 14.3. The quantitative estimate of drug-likeness (QED) is 0.776. The molecule has 0 aliphatic rings. The van der Waals surface area contributed by atoms with Crippen molar-refractivity contribution in [2.45, 2.75) is 13.5 Å². The number of nitrogens with one attached hydrogen (secondary N) is 1. The first-order valence-corrected chi connectivity index (χ1v) is 7.13. The van der Waals surface area contributed by atoms with Crippen LogP contribution in [0, 0.1) is 5.82 Å². The standard InChI is InChI=1S/C18H17FN2/c1-2-20-12-13-8-9-17(19)16(11-13)14-5-3-7-18-15(14)6-4-10-21-18/h3-11,20H,2,12H2,1H3. The van der Waals surface area contributed by atoms with Crippen LogP contribution in [0.25, 0.3) is 22.0 Å². The zero-order chi connectivity index (χ0) is 14.7. The summed E-state index contributed by atoms with van der Waals surface area (Å²) in [6, 6.07) is 14.9. The van der Waals surface area contributed by atoms with Gasteiger partial charge in [-0.25, -0.2) is 4.39 Å². The van der Waals surface area contributed by atoms with E-state index in [9.17, 15) is 4.39 Å². The van der Waals surface area contributed by atoms with E-state index in [1.165, 1.54) is 6.07 Å². The lowest BCUT2D eigenvalue weighted by Gasteiger charge is -2.10. The van der Waals surface area contributed by atoms with Crippen LogP contribution >= 0.6 is 0 Å². The Morgan fingerprint density at radius 3 is 2.81 bits per heavy atom. The third-order valence-corrected chi connectivity index (χ3v) is 3.55.